The van der Waals surface area contributed by atoms with Crippen molar-refractivity contribution in [3.8, 4) is 0 Å². The number of nitrogens with zero attached hydrogens (tertiary/aromatic N) is 1. The van der Waals surface area contributed by atoms with Crippen molar-refractivity contribution in [1.82, 2.24) is 4.90 Å². The topological polar surface area (TPSA) is 110 Å². The number of hydrogen-bond acceptors (Lipinski definition) is 6. The third-order valence-electron chi connectivity index (χ3n) is 3.36. The standard InChI is InChI=1S/C14H16N2O5S/c1-21-14(20)11-10(8-5-3-2-4-6-8)16(9(17)7-15)12(22-11)13(18)19/h2-6,10-12H,7,15H2,1H3,(H,18,19)/t10-,11-,12-/m0/s1. The van der Waals surface area contributed by atoms with Crippen LogP contribution in [0.25, 0.3) is 0 Å². The van der Waals surface area contributed by atoms with Crippen LogP contribution in [0.1, 0.15) is 11.6 Å². The summed E-state index contributed by atoms with van der Waals surface area (Å²) in [6.07, 6.45) is 0. The summed E-state index contributed by atoms with van der Waals surface area (Å²) in [5.41, 5.74) is 6.06. The first kappa shape index (κ1) is 16.3. The molecule has 1 saturated heterocycles. The van der Waals surface area contributed by atoms with E-state index in [-0.39, 0.29) is 6.54 Å². The summed E-state index contributed by atoms with van der Waals surface area (Å²) in [5.74, 6) is -2.29. The number of nitrogens with two attached hydrogens (primary N) is 1. The molecule has 8 heteroatoms. The van der Waals surface area contributed by atoms with E-state index in [1.54, 1.807) is 30.3 Å². The summed E-state index contributed by atoms with van der Waals surface area (Å²) in [4.78, 5) is 36.8. The van der Waals surface area contributed by atoms with E-state index in [1.165, 1.54) is 7.11 Å². The van der Waals surface area contributed by atoms with Gasteiger partial charge in [0.15, 0.2) is 5.37 Å². The molecule has 1 aromatic rings. The summed E-state index contributed by atoms with van der Waals surface area (Å²) < 4.78 is 4.75. The zero-order valence-corrected chi connectivity index (χ0v) is 12.7. The molecule has 0 unspecified atom stereocenters. The number of rotatable bonds is 4. The largest absolute Gasteiger partial charge is 0.479 e. The Morgan fingerprint density at radius 2 is 1.95 bits per heavy atom. The van der Waals surface area contributed by atoms with Crippen molar-refractivity contribution >= 4 is 29.6 Å². The Labute approximate surface area is 131 Å². The Morgan fingerprint density at radius 3 is 2.45 bits per heavy atom. The molecule has 0 bridgehead atoms. The second-order valence-corrected chi connectivity index (χ2v) is 5.86. The van der Waals surface area contributed by atoms with Gasteiger partial charge in [0, 0.05) is 0 Å². The fraction of sp³-hybridized carbons (Fsp3) is 0.357. The SMILES string of the molecule is COC(=O)[C@H]1S[C@@H](C(=O)O)N(C(=O)CN)[C@H]1c1ccccc1. The highest BCUT2D eigenvalue weighted by molar-refractivity contribution is 8.02. The number of hydrogen-bond donors (Lipinski definition) is 2. The van der Waals surface area contributed by atoms with E-state index in [0.29, 0.717) is 5.56 Å². The van der Waals surface area contributed by atoms with Crippen molar-refractivity contribution in [2.24, 2.45) is 5.73 Å². The van der Waals surface area contributed by atoms with Gasteiger partial charge >= 0.3 is 11.9 Å². The second kappa shape index (κ2) is 6.80. The molecule has 2 rings (SSSR count). The number of esters is 1. The normalized spacial score (nSPS) is 24.1. The summed E-state index contributed by atoms with van der Waals surface area (Å²) in [6, 6.07) is 8.06. The van der Waals surface area contributed by atoms with Crippen LogP contribution in [0, 0.1) is 0 Å². The van der Waals surface area contributed by atoms with Crippen molar-refractivity contribution < 1.29 is 24.2 Å². The molecular formula is C14H16N2O5S. The van der Waals surface area contributed by atoms with Crippen molar-refractivity contribution in [3.05, 3.63) is 35.9 Å². The number of aliphatic carboxylic acids is 1. The molecule has 7 nitrogen and oxygen atoms in total. The quantitative estimate of drug-likeness (QED) is 0.762. The lowest BCUT2D eigenvalue weighted by Gasteiger charge is -2.28. The van der Waals surface area contributed by atoms with Gasteiger partial charge in [-0.05, 0) is 5.56 Å². The number of amides is 1. The van der Waals surface area contributed by atoms with Gasteiger partial charge in [-0.3, -0.25) is 9.59 Å². The lowest BCUT2D eigenvalue weighted by atomic mass is 10.0. The minimum Gasteiger partial charge on any atom is -0.479 e. The van der Waals surface area contributed by atoms with E-state index in [4.69, 9.17) is 10.5 Å². The van der Waals surface area contributed by atoms with Gasteiger partial charge in [-0.15, -0.1) is 11.8 Å². The molecule has 118 valence electrons. The number of carboxylic acids is 1. The zero-order valence-electron chi connectivity index (χ0n) is 11.8. The number of methoxy groups -OCH3 is 1. The lowest BCUT2D eigenvalue weighted by molar-refractivity contribution is -0.148. The first-order valence-electron chi connectivity index (χ1n) is 6.53. The van der Waals surface area contributed by atoms with Crippen LogP contribution in [0.2, 0.25) is 0 Å². The average Bonchev–Trinajstić information content (AvgIpc) is 2.94. The van der Waals surface area contributed by atoms with E-state index in [9.17, 15) is 19.5 Å². The van der Waals surface area contributed by atoms with Crippen molar-refractivity contribution in [2.75, 3.05) is 13.7 Å². The van der Waals surface area contributed by atoms with Gasteiger partial charge in [-0.1, -0.05) is 30.3 Å². The highest BCUT2D eigenvalue weighted by Crippen LogP contribution is 2.45. The maximum absolute atomic E-state index is 12.1. The molecule has 22 heavy (non-hydrogen) atoms. The van der Waals surface area contributed by atoms with Crippen LogP contribution in [0.5, 0.6) is 0 Å². The monoisotopic (exact) mass is 324 g/mol. The molecule has 1 fully saturated rings. The summed E-state index contributed by atoms with van der Waals surface area (Å²) in [6.45, 7) is -0.332. The van der Waals surface area contributed by atoms with Gasteiger partial charge in [0.1, 0.15) is 5.25 Å². The Balaban J connectivity index is 2.50. The van der Waals surface area contributed by atoms with Gasteiger partial charge in [0.2, 0.25) is 5.91 Å². The summed E-state index contributed by atoms with van der Waals surface area (Å²) in [5, 5.41) is 7.37. The molecule has 0 saturated carbocycles. The highest BCUT2D eigenvalue weighted by atomic mass is 32.2. The summed E-state index contributed by atoms with van der Waals surface area (Å²) in [7, 11) is 1.23. The average molecular weight is 324 g/mol. The molecule has 1 amide bonds. The number of carboxylic acid groups (broad SMARTS) is 1. The van der Waals surface area contributed by atoms with Gasteiger partial charge in [-0.2, -0.15) is 0 Å². The highest BCUT2D eigenvalue weighted by Gasteiger charge is 2.51. The number of benzene rings is 1. The first-order valence-corrected chi connectivity index (χ1v) is 7.47. The van der Waals surface area contributed by atoms with E-state index in [2.05, 4.69) is 0 Å². The molecule has 1 aliphatic heterocycles. The number of carbonyl (C=O) groups is 3. The van der Waals surface area contributed by atoms with Crippen LogP contribution in [0.15, 0.2) is 30.3 Å². The number of thioether (sulfide) groups is 1. The Hall–Kier alpha value is -2.06. The maximum Gasteiger partial charge on any atom is 0.337 e. The minimum absolute atomic E-state index is 0.332. The Kier molecular flexibility index (Phi) is 5.04. The Bertz CT molecular complexity index is 580. The maximum atomic E-state index is 12.1. The van der Waals surface area contributed by atoms with Gasteiger partial charge in [0.05, 0.1) is 19.7 Å². The van der Waals surface area contributed by atoms with Gasteiger partial charge < -0.3 is 20.5 Å². The summed E-state index contributed by atoms with van der Waals surface area (Å²) >= 11 is 0.882. The van der Waals surface area contributed by atoms with Gasteiger partial charge in [-0.25, -0.2) is 4.79 Å². The van der Waals surface area contributed by atoms with Crippen molar-refractivity contribution in [1.29, 1.82) is 0 Å². The Morgan fingerprint density at radius 1 is 1.32 bits per heavy atom. The van der Waals surface area contributed by atoms with E-state index in [1.807, 2.05) is 0 Å². The molecule has 0 aromatic heterocycles. The van der Waals surface area contributed by atoms with Crippen molar-refractivity contribution in [2.45, 2.75) is 16.7 Å². The minimum atomic E-state index is -1.20. The third-order valence-corrected chi connectivity index (χ3v) is 4.79. The third kappa shape index (κ3) is 2.93. The fourth-order valence-corrected chi connectivity index (χ4v) is 3.84. The zero-order chi connectivity index (χ0) is 16.3. The van der Waals surface area contributed by atoms with Crippen LogP contribution >= 0.6 is 11.8 Å². The molecule has 3 atom stereocenters. The smallest absolute Gasteiger partial charge is 0.337 e. The predicted molar refractivity (Wildman–Crippen MR) is 79.9 cm³/mol. The molecular weight excluding hydrogens is 308 g/mol. The molecule has 0 aliphatic carbocycles. The first-order chi connectivity index (χ1) is 10.5. The molecule has 1 heterocycles. The fourth-order valence-electron chi connectivity index (χ4n) is 2.43. The number of carbonyl (C=O) groups excluding carboxylic acids is 2. The van der Waals surface area contributed by atoms with E-state index < -0.39 is 34.5 Å². The van der Waals surface area contributed by atoms with E-state index in [0.717, 1.165) is 16.7 Å². The predicted octanol–water partition coefficient (Wildman–Crippen LogP) is 0.214. The van der Waals surface area contributed by atoms with Gasteiger partial charge in [0.25, 0.3) is 0 Å². The second-order valence-electron chi connectivity index (χ2n) is 4.63. The van der Waals surface area contributed by atoms with Crippen LogP contribution in [-0.2, 0) is 19.1 Å². The van der Waals surface area contributed by atoms with Crippen LogP contribution in [0.3, 0.4) is 0 Å². The van der Waals surface area contributed by atoms with Crippen molar-refractivity contribution in [3.63, 3.8) is 0 Å². The molecule has 3 N–H and O–H groups in total. The van der Waals surface area contributed by atoms with E-state index >= 15 is 0 Å². The molecule has 0 spiro atoms. The van der Waals surface area contributed by atoms with Crippen LogP contribution < -0.4 is 5.73 Å². The van der Waals surface area contributed by atoms with Crippen LogP contribution in [-0.4, -0.2) is 52.1 Å². The van der Waals surface area contributed by atoms with Crippen LogP contribution in [0.4, 0.5) is 0 Å². The molecule has 1 aliphatic rings. The lowest BCUT2D eigenvalue weighted by Crippen LogP contribution is -2.45. The molecule has 0 radical (unpaired) electrons. The number of ether oxygens (including phenoxy) is 1. The molecule has 1 aromatic carbocycles.